The summed E-state index contributed by atoms with van der Waals surface area (Å²) in [7, 11) is 3.99. The fourth-order valence-electron chi connectivity index (χ4n) is 2.64. The third kappa shape index (κ3) is 6.12. The summed E-state index contributed by atoms with van der Waals surface area (Å²) in [6.07, 6.45) is 0.621. The molecule has 0 bridgehead atoms. The molecule has 25 heavy (non-hydrogen) atoms. The minimum Gasteiger partial charge on any atom is -0.396 e. The van der Waals surface area contributed by atoms with E-state index in [0.29, 0.717) is 19.5 Å². The second-order valence-electron chi connectivity index (χ2n) is 6.24. The molecule has 2 aromatic carbocycles. The van der Waals surface area contributed by atoms with Crippen LogP contribution in [-0.2, 0) is 6.54 Å². The maximum atomic E-state index is 12.0. The summed E-state index contributed by atoms with van der Waals surface area (Å²) >= 11 is 0. The number of hydrogen-bond acceptors (Lipinski definition) is 3. The molecule has 134 valence electrons. The summed E-state index contributed by atoms with van der Waals surface area (Å²) in [4.78, 5) is 14.1. The van der Waals surface area contributed by atoms with Gasteiger partial charge in [-0.3, -0.25) is 0 Å². The SMILES string of the molecule is CN(C)c1ccc(CNC(=O)NCC(CCO)c2ccccc2)cc1. The number of rotatable bonds is 8. The van der Waals surface area contributed by atoms with Crippen molar-refractivity contribution in [2.45, 2.75) is 18.9 Å². The quantitative estimate of drug-likeness (QED) is 0.692. The first-order chi connectivity index (χ1) is 12.1. The molecule has 1 unspecified atom stereocenters. The highest BCUT2D eigenvalue weighted by molar-refractivity contribution is 5.73. The normalized spacial score (nSPS) is 11.6. The Balaban J connectivity index is 1.80. The van der Waals surface area contributed by atoms with Crippen molar-refractivity contribution in [2.75, 3.05) is 32.1 Å². The van der Waals surface area contributed by atoms with Gasteiger partial charge in [-0.25, -0.2) is 4.79 Å². The molecule has 0 aromatic heterocycles. The molecule has 5 nitrogen and oxygen atoms in total. The Labute approximate surface area is 149 Å². The molecular formula is C20H27N3O2. The van der Waals surface area contributed by atoms with Crippen LogP contribution in [0.4, 0.5) is 10.5 Å². The highest BCUT2D eigenvalue weighted by Gasteiger charge is 2.12. The zero-order valence-corrected chi connectivity index (χ0v) is 14.9. The monoisotopic (exact) mass is 341 g/mol. The van der Waals surface area contributed by atoms with E-state index in [1.807, 2.05) is 73.6 Å². The molecule has 2 amide bonds. The lowest BCUT2D eigenvalue weighted by molar-refractivity contribution is 0.237. The predicted molar refractivity (Wildman–Crippen MR) is 102 cm³/mol. The Morgan fingerprint density at radius 3 is 2.32 bits per heavy atom. The zero-order valence-electron chi connectivity index (χ0n) is 14.9. The van der Waals surface area contributed by atoms with E-state index in [-0.39, 0.29) is 18.6 Å². The van der Waals surface area contributed by atoms with Gasteiger partial charge in [0.1, 0.15) is 0 Å². The number of hydrogen-bond donors (Lipinski definition) is 3. The van der Waals surface area contributed by atoms with Crippen molar-refractivity contribution in [3.63, 3.8) is 0 Å². The van der Waals surface area contributed by atoms with E-state index in [0.717, 1.165) is 16.8 Å². The van der Waals surface area contributed by atoms with E-state index in [4.69, 9.17) is 0 Å². The standard InChI is InChI=1S/C20H27N3O2/c1-23(2)19-10-8-16(9-11-19)14-21-20(25)22-15-18(12-13-24)17-6-4-3-5-7-17/h3-11,18,24H,12-15H2,1-2H3,(H2,21,22,25). The lowest BCUT2D eigenvalue weighted by atomic mass is 9.96. The first-order valence-electron chi connectivity index (χ1n) is 8.54. The summed E-state index contributed by atoms with van der Waals surface area (Å²) in [5.74, 6) is 0.108. The Bertz CT molecular complexity index is 642. The minimum absolute atomic E-state index is 0.0983. The number of carbonyl (C=O) groups excluding carboxylic acids is 1. The molecule has 0 aliphatic heterocycles. The number of nitrogens with one attached hydrogen (secondary N) is 2. The highest BCUT2D eigenvalue weighted by atomic mass is 16.3. The average molecular weight is 341 g/mol. The van der Waals surface area contributed by atoms with Gasteiger partial charge in [-0.15, -0.1) is 0 Å². The van der Waals surface area contributed by atoms with Crippen LogP contribution >= 0.6 is 0 Å². The molecule has 3 N–H and O–H groups in total. The van der Waals surface area contributed by atoms with E-state index >= 15 is 0 Å². The molecule has 2 aromatic rings. The van der Waals surface area contributed by atoms with E-state index in [1.54, 1.807) is 0 Å². The van der Waals surface area contributed by atoms with Crippen molar-refractivity contribution < 1.29 is 9.90 Å². The van der Waals surface area contributed by atoms with Crippen LogP contribution in [0.1, 0.15) is 23.5 Å². The maximum absolute atomic E-state index is 12.0. The predicted octanol–water partition coefficient (Wildman–Crippen LogP) is 2.72. The number of aliphatic hydroxyl groups excluding tert-OH is 1. The molecule has 0 saturated heterocycles. The Kier molecular flexibility index (Phi) is 7.29. The van der Waals surface area contributed by atoms with Crippen LogP contribution in [0.3, 0.4) is 0 Å². The van der Waals surface area contributed by atoms with Gasteiger partial charge in [0, 0.05) is 45.4 Å². The second-order valence-corrected chi connectivity index (χ2v) is 6.24. The van der Waals surface area contributed by atoms with Crippen LogP contribution in [0.15, 0.2) is 54.6 Å². The molecule has 5 heteroatoms. The van der Waals surface area contributed by atoms with Gasteiger partial charge < -0.3 is 20.6 Å². The molecule has 0 aliphatic rings. The molecule has 0 spiro atoms. The van der Waals surface area contributed by atoms with Gasteiger partial charge in [-0.1, -0.05) is 42.5 Å². The Hall–Kier alpha value is -2.53. The third-order valence-electron chi connectivity index (χ3n) is 4.16. The van der Waals surface area contributed by atoms with E-state index in [9.17, 15) is 9.90 Å². The van der Waals surface area contributed by atoms with Crippen molar-refractivity contribution in [1.82, 2.24) is 10.6 Å². The summed E-state index contributed by atoms with van der Waals surface area (Å²) in [6, 6.07) is 17.8. The van der Waals surface area contributed by atoms with Crippen molar-refractivity contribution in [1.29, 1.82) is 0 Å². The van der Waals surface area contributed by atoms with Gasteiger partial charge >= 0.3 is 6.03 Å². The van der Waals surface area contributed by atoms with Crippen molar-refractivity contribution >= 4 is 11.7 Å². The smallest absolute Gasteiger partial charge is 0.315 e. The lowest BCUT2D eigenvalue weighted by Gasteiger charge is -2.17. The number of nitrogens with zero attached hydrogens (tertiary/aromatic N) is 1. The van der Waals surface area contributed by atoms with Crippen LogP contribution in [0.2, 0.25) is 0 Å². The van der Waals surface area contributed by atoms with Gasteiger partial charge in [0.15, 0.2) is 0 Å². The fraction of sp³-hybridized carbons (Fsp3) is 0.350. The van der Waals surface area contributed by atoms with Crippen molar-refractivity contribution in [3.05, 3.63) is 65.7 Å². The van der Waals surface area contributed by atoms with Gasteiger partial charge in [0.25, 0.3) is 0 Å². The number of aliphatic hydroxyl groups is 1. The molecule has 1 atom stereocenters. The molecule has 0 fully saturated rings. The van der Waals surface area contributed by atoms with Crippen LogP contribution in [0.25, 0.3) is 0 Å². The molecule has 0 radical (unpaired) electrons. The molecule has 0 heterocycles. The average Bonchev–Trinajstić information content (AvgIpc) is 2.64. The zero-order chi connectivity index (χ0) is 18.1. The number of urea groups is 1. The lowest BCUT2D eigenvalue weighted by Crippen LogP contribution is -2.37. The first kappa shape index (κ1) is 18.8. The van der Waals surface area contributed by atoms with E-state index in [2.05, 4.69) is 10.6 Å². The summed E-state index contributed by atoms with van der Waals surface area (Å²) in [5, 5.41) is 15.0. The number of anilines is 1. The largest absolute Gasteiger partial charge is 0.396 e. The molecule has 0 saturated carbocycles. The van der Waals surface area contributed by atoms with Gasteiger partial charge in [0.2, 0.25) is 0 Å². The summed E-state index contributed by atoms with van der Waals surface area (Å²) in [6.45, 7) is 1.08. The Morgan fingerprint density at radius 1 is 1.04 bits per heavy atom. The van der Waals surface area contributed by atoms with Crippen LogP contribution < -0.4 is 15.5 Å². The third-order valence-corrected chi connectivity index (χ3v) is 4.16. The minimum atomic E-state index is -0.199. The summed E-state index contributed by atoms with van der Waals surface area (Å²) < 4.78 is 0. The van der Waals surface area contributed by atoms with Crippen LogP contribution in [0, 0.1) is 0 Å². The van der Waals surface area contributed by atoms with Gasteiger partial charge in [-0.2, -0.15) is 0 Å². The highest BCUT2D eigenvalue weighted by Crippen LogP contribution is 2.18. The number of benzene rings is 2. The van der Waals surface area contributed by atoms with Crippen LogP contribution in [0.5, 0.6) is 0 Å². The number of amides is 2. The van der Waals surface area contributed by atoms with Gasteiger partial charge in [0.05, 0.1) is 0 Å². The summed E-state index contributed by atoms with van der Waals surface area (Å²) in [5.41, 5.74) is 3.30. The number of carbonyl (C=O) groups is 1. The Morgan fingerprint density at radius 2 is 1.72 bits per heavy atom. The van der Waals surface area contributed by atoms with Gasteiger partial charge in [-0.05, 0) is 29.7 Å². The fourth-order valence-corrected chi connectivity index (χ4v) is 2.64. The first-order valence-corrected chi connectivity index (χ1v) is 8.54. The second kappa shape index (κ2) is 9.69. The maximum Gasteiger partial charge on any atom is 0.315 e. The molecular weight excluding hydrogens is 314 g/mol. The van der Waals surface area contributed by atoms with Crippen molar-refractivity contribution in [3.8, 4) is 0 Å². The topological polar surface area (TPSA) is 64.6 Å². The van der Waals surface area contributed by atoms with E-state index < -0.39 is 0 Å². The van der Waals surface area contributed by atoms with Crippen LogP contribution in [-0.4, -0.2) is 38.4 Å². The van der Waals surface area contributed by atoms with Crippen molar-refractivity contribution in [2.24, 2.45) is 0 Å². The van der Waals surface area contributed by atoms with E-state index in [1.165, 1.54) is 0 Å². The molecule has 2 rings (SSSR count). The molecule has 0 aliphatic carbocycles.